The van der Waals surface area contributed by atoms with Crippen molar-refractivity contribution in [3.05, 3.63) is 57.9 Å². The van der Waals surface area contributed by atoms with Crippen molar-refractivity contribution in [2.75, 3.05) is 13.7 Å². The minimum absolute atomic E-state index is 0.0279. The Labute approximate surface area is 171 Å². The molecule has 6 nitrogen and oxygen atoms in total. The van der Waals surface area contributed by atoms with E-state index in [2.05, 4.69) is 19.2 Å². The highest BCUT2D eigenvalue weighted by Crippen LogP contribution is 2.46. The fraction of sp³-hybridized carbons (Fsp3) is 0.435. The molecule has 0 radical (unpaired) electrons. The summed E-state index contributed by atoms with van der Waals surface area (Å²) >= 11 is 0. The van der Waals surface area contributed by atoms with Gasteiger partial charge in [0.1, 0.15) is 0 Å². The predicted octanol–water partition coefficient (Wildman–Crippen LogP) is 3.64. The third-order valence-corrected chi connectivity index (χ3v) is 5.40. The third kappa shape index (κ3) is 3.97. The first-order valence-corrected chi connectivity index (χ1v) is 9.78. The van der Waals surface area contributed by atoms with Crippen molar-refractivity contribution < 1.29 is 23.9 Å². The molecule has 1 atom stereocenters. The van der Waals surface area contributed by atoms with Crippen molar-refractivity contribution in [1.29, 1.82) is 0 Å². The summed E-state index contributed by atoms with van der Waals surface area (Å²) in [6.07, 6.45) is 1.14. The summed E-state index contributed by atoms with van der Waals surface area (Å²) in [5.41, 5.74) is 3.63. The van der Waals surface area contributed by atoms with E-state index in [0.717, 1.165) is 17.7 Å². The van der Waals surface area contributed by atoms with Gasteiger partial charge in [-0.05, 0) is 43.4 Å². The second kappa shape index (κ2) is 7.85. The molecule has 1 N–H and O–H groups in total. The summed E-state index contributed by atoms with van der Waals surface area (Å²) in [5.74, 6) is -1.38. The molecule has 3 rings (SSSR count). The second-order valence-electron chi connectivity index (χ2n) is 8.26. The first-order chi connectivity index (χ1) is 13.7. The van der Waals surface area contributed by atoms with E-state index in [4.69, 9.17) is 9.47 Å². The minimum atomic E-state index is -0.527. The molecular weight excluding hydrogens is 370 g/mol. The van der Waals surface area contributed by atoms with Gasteiger partial charge in [0.15, 0.2) is 5.78 Å². The highest BCUT2D eigenvalue weighted by Gasteiger charge is 2.43. The molecule has 0 aromatic heterocycles. The Morgan fingerprint density at radius 1 is 1.14 bits per heavy atom. The summed E-state index contributed by atoms with van der Waals surface area (Å²) in [4.78, 5) is 37.7. The fourth-order valence-corrected chi connectivity index (χ4v) is 4.18. The van der Waals surface area contributed by atoms with Crippen LogP contribution in [-0.2, 0) is 19.1 Å². The zero-order valence-corrected chi connectivity index (χ0v) is 17.5. The zero-order valence-electron chi connectivity index (χ0n) is 17.5. The van der Waals surface area contributed by atoms with Crippen LogP contribution in [0.4, 0.5) is 0 Å². The minimum Gasteiger partial charge on any atom is -0.465 e. The second-order valence-corrected chi connectivity index (χ2v) is 8.26. The van der Waals surface area contributed by atoms with Gasteiger partial charge in [0.25, 0.3) is 0 Å². The molecule has 1 heterocycles. The van der Waals surface area contributed by atoms with Crippen LogP contribution in [0, 0.1) is 5.41 Å². The van der Waals surface area contributed by atoms with Crippen LogP contribution < -0.4 is 5.32 Å². The van der Waals surface area contributed by atoms with E-state index in [1.165, 1.54) is 7.11 Å². The monoisotopic (exact) mass is 397 g/mol. The number of methoxy groups -OCH3 is 1. The lowest BCUT2D eigenvalue weighted by Crippen LogP contribution is -2.38. The van der Waals surface area contributed by atoms with E-state index in [1.54, 1.807) is 31.2 Å². The van der Waals surface area contributed by atoms with Crippen LogP contribution in [0.1, 0.15) is 62.4 Å². The predicted molar refractivity (Wildman–Crippen MR) is 108 cm³/mol. The van der Waals surface area contributed by atoms with Crippen LogP contribution in [-0.4, -0.2) is 31.4 Å². The van der Waals surface area contributed by atoms with Gasteiger partial charge in [0, 0.05) is 29.3 Å². The van der Waals surface area contributed by atoms with Gasteiger partial charge in [0.05, 0.1) is 24.9 Å². The number of carbonyl (C=O) groups excluding carboxylic acids is 3. The number of ether oxygens (including phenoxy) is 2. The molecule has 154 valence electrons. The summed E-state index contributed by atoms with van der Waals surface area (Å²) in [6, 6.07) is 6.84. The molecule has 0 saturated carbocycles. The van der Waals surface area contributed by atoms with Gasteiger partial charge in [0.2, 0.25) is 0 Å². The Kier molecular flexibility index (Phi) is 5.64. The molecule has 1 aliphatic carbocycles. The van der Waals surface area contributed by atoms with Crippen molar-refractivity contribution >= 4 is 17.7 Å². The summed E-state index contributed by atoms with van der Waals surface area (Å²) in [6.45, 7) is 7.96. The van der Waals surface area contributed by atoms with E-state index >= 15 is 0 Å². The van der Waals surface area contributed by atoms with Gasteiger partial charge in [-0.15, -0.1) is 0 Å². The number of benzene rings is 1. The Morgan fingerprint density at radius 3 is 2.38 bits per heavy atom. The number of carbonyl (C=O) groups is 3. The number of allylic oxidation sites excluding steroid dienone is 3. The van der Waals surface area contributed by atoms with E-state index in [9.17, 15) is 14.4 Å². The van der Waals surface area contributed by atoms with E-state index in [1.807, 2.05) is 6.92 Å². The van der Waals surface area contributed by atoms with Crippen molar-refractivity contribution in [3.63, 3.8) is 0 Å². The van der Waals surface area contributed by atoms with Crippen LogP contribution in [0.2, 0.25) is 0 Å². The maximum atomic E-state index is 13.1. The first kappa shape index (κ1) is 20.8. The average molecular weight is 397 g/mol. The third-order valence-electron chi connectivity index (χ3n) is 5.40. The normalized spacial score (nSPS) is 20.7. The topological polar surface area (TPSA) is 81.7 Å². The number of ketones is 1. The molecule has 29 heavy (non-hydrogen) atoms. The van der Waals surface area contributed by atoms with Crippen LogP contribution in [0.3, 0.4) is 0 Å². The molecule has 0 fully saturated rings. The molecule has 0 saturated heterocycles. The first-order valence-electron chi connectivity index (χ1n) is 9.78. The molecule has 0 unspecified atom stereocenters. The van der Waals surface area contributed by atoms with Gasteiger partial charge >= 0.3 is 11.9 Å². The zero-order chi connectivity index (χ0) is 21.3. The largest absolute Gasteiger partial charge is 0.465 e. The summed E-state index contributed by atoms with van der Waals surface area (Å²) < 4.78 is 10.1. The van der Waals surface area contributed by atoms with Crippen LogP contribution in [0.5, 0.6) is 0 Å². The van der Waals surface area contributed by atoms with Crippen molar-refractivity contribution in [2.45, 2.75) is 46.5 Å². The SMILES string of the molecule is CCOC(=O)C1=C(C)NC2=C(C(=O)CC(C)(C)C2)[C@H]1c1ccc(C(=O)OC)cc1. The number of hydrogen-bond acceptors (Lipinski definition) is 6. The quantitative estimate of drug-likeness (QED) is 0.781. The smallest absolute Gasteiger partial charge is 0.337 e. The maximum Gasteiger partial charge on any atom is 0.337 e. The highest BCUT2D eigenvalue weighted by atomic mass is 16.5. The fourth-order valence-electron chi connectivity index (χ4n) is 4.18. The van der Waals surface area contributed by atoms with Crippen molar-refractivity contribution in [2.24, 2.45) is 5.41 Å². The van der Waals surface area contributed by atoms with E-state index < -0.39 is 17.9 Å². The number of rotatable bonds is 4. The number of nitrogens with one attached hydrogen (secondary N) is 1. The Hall–Kier alpha value is -2.89. The number of hydrogen-bond donors (Lipinski definition) is 1. The van der Waals surface area contributed by atoms with Gasteiger partial charge in [-0.1, -0.05) is 26.0 Å². The van der Waals surface area contributed by atoms with Gasteiger partial charge in [-0.2, -0.15) is 0 Å². The summed E-state index contributed by atoms with van der Waals surface area (Å²) in [5, 5.41) is 3.30. The van der Waals surface area contributed by atoms with Crippen LogP contribution in [0.15, 0.2) is 46.8 Å². The van der Waals surface area contributed by atoms with Crippen molar-refractivity contribution in [1.82, 2.24) is 5.32 Å². The van der Waals surface area contributed by atoms with Gasteiger partial charge < -0.3 is 14.8 Å². The van der Waals surface area contributed by atoms with Gasteiger partial charge in [-0.3, -0.25) is 4.79 Å². The van der Waals surface area contributed by atoms with Crippen molar-refractivity contribution in [3.8, 4) is 0 Å². The average Bonchev–Trinajstić information content (AvgIpc) is 2.65. The molecule has 1 aliphatic heterocycles. The number of Topliss-reactive ketones (excluding diaryl/α,β-unsaturated/α-hetero) is 1. The number of esters is 2. The molecular formula is C23H27NO5. The van der Waals surface area contributed by atoms with E-state index in [-0.39, 0.29) is 17.8 Å². The Balaban J connectivity index is 2.13. The van der Waals surface area contributed by atoms with Crippen LogP contribution >= 0.6 is 0 Å². The molecule has 0 bridgehead atoms. The molecule has 6 heteroatoms. The summed E-state index contributed by atoms with van der Waals surface area (Å²) in [7, 11) is 1.33. The number of dihydropyridines is 1. The van der Waals surface area contributed by atoms with Crippen LogP contribution in [0.25, 0.3) is 0 Å². The molecule has 1 aromatic carbocycles. The maximum absolute atomic E-state index is 13.1. The molecule has 0 amide bonds. The standard InChI is InChI=1S/C23H27NO5/c1-6-29-22(27)18-13(2)24-16-11-23(3,4)12-17(25)20(16)19(18)14-7-9-15(10-8-14)21(26)28-5/h7-10,19,24H,6,11-12H2,1-5H3/t19-/m0/s1. The lowest BCUT2D eigenvalue weighted by Gasteiger charge is -2.39. The highest BCUT2D eigenvalue weighted by molar-refractivity contribution is 6.04. The Morgan fingerprint density at radius 2 is 1.79 bits per heavy atom. The lowest BCUT2D eigenvalue weighted by atomic mass is 9.68. The molecule has 0 spiro atoms. The lowest BCUT2D eigenvalue weighted by molar-refractivity contribution is -0.138. The van der Waals surface area contributed by atoms with E-state index in [0.29, 0.717) is 28.8 Å². The molecule has 2 aliphatic rings. The molecule has 1 aromatic rings. The Bertz CT molecular complexity index is 921. The van der Waals surface area contributed by atoms with Gasteiger partial charge in [-0.25, -0.2) is 9.59 Å².